The minimum absolute atomic E-state index is 0.220. The Labute approximate surface area is 80.5 Å². The molecule has 0 heterocycles. The van der Waals surface area contributed by atoms with E-state index in [1.807, 2.05) is 6.21 Å². The Morgan fingerprint density at radius 1 is 1.23 bits per heavy atom. The lowest BCUT2D eigenvalue weighted by Gasteiger charge is -2.19. The van der Waals surface area contributed by atoms with E-state index in [-0.39, 0.29) is 5.41 Å². The van der Waals surface area contributed by atoms with Gasteiger partial charge in [0.25, 0.3) is 0 Å². The molecule has 0 aliphatic rings. The first-order valence-electron chi connectivity index (χ1n) is 4.57. The van der Waals surface area contributed by atoms with Gasteiger partial charge in [-0.3, -0.25) is 4.99 Å². The van der Waals surface area contributed by atoms with Crippen LogP contribution in [-0.4, -0.2) is 13.3 Å². The second kappa shape index (κ2) is 3.73. The van der Waals surface area contributed by atoms with Crippen molar-refractivity contribution in [2.24, 2.45) is 4.99 Å². The highest BCUT2D eigenvalue weighted by Gasteiger charge is 2.12. The highest BCUT2D eigenvalue weighted by molar-refractivity contribution is 5.79. The molecule has 0 fully saturated rings. The fourth-order valence-corrected chi connectivity index (χ4v) is 1.23. The summed E-state index contributed by atoms with van der Waals surface area (Å²) in [7, 11) is 1.80. The zero-order chi connectivity index (χ0) is 9.90. The molecule has 0 bridgehead atoms. The molecule has 0 atom stereocenters. The second-order valence-corrected chi connectivity index (χ2v) is 4.26. The maximum Gasteiger partial charge on any atom is 0.0281 e. The van der Waals surface area contributed by atoms with Crippen LogP contribution in [-0.2, 0) is 5.41 Å². The monoisotopic (exact) mass is 175 g/mol. The topological polar surface area (TPSA) is 12.4 Å². The number of nitrogens with zero attached hydrogens (tertiary/aromatic N) is 1. The number of hydrogen-bond donors (Lipinski definition) is 0. The maximum atomic E-state index is 4.00. The predicted molar refractivity (Wildman–Crippen MR) is 58.7 cm³/mol. The van der Waals surface area contributed by atoms with E-state index in [0.717, 1.165) is 0 Å². The maximum absolute atomic E-state index is 4.00. The summed E-state index contributed by atoms with van der Waals surface area (Å²) in [6, 6.07) is 8.50. The fraction of sp³-hybridized carbons (Fsp3) is 0.417. The average Bonchev–Trinajstić information content (AvgIpc) is 2.04. The lowest BCUT2D eigenvalue weighted by molar-refractivity contribution is 0.590. The third-order valence-corrected chi connectivity index (χ3v) is 2.03. The Morgan fingerprint density at radius 2 is 1.92 bits per heavy atom. The highest BCUT2D eigenvalue weighted by Crippen LogP contribution is 2.22. The molecule has 1 nitrogen and oxygen atoms in total. The molecule has 0 amide bonds. The van der Waals surface area contributed by atoms with Crippen molar-refractivity contribution >= 4 is 6.21 Å². The van der Waals surface area contributed by atoms with Crippen LogP contribution < -0.4 is 0 Å². The quantitative estimate of drug-likeness (QED) is 0.582. The van der Waals surface area contributed by atoms with E-state index in [0.29, 0.717) is 0 Å². The summed E-state index contributed by atoms with van der Waals surface area (Å²) in [6.07, 6.45) is 1.88. The van der Waals surface area contributed by atoms with Crippen LogP contribution in [0.1, 0.15) is 31.9 Å². The molecule has 0 saturated carbocycles. The van der Waals surface area contributed by atoms with Gasteiger partial charge in [-0.25, -0.2) is 0 Å². The summed E-state index contributed by atoms with van der Waals surface area (Å²) >= 11 is 0. The van der Waals surface area contributed by atoms with E-state index in [1.54, 1.807) is 7.05 Å². The minimum atomic E-state index is 0.220. The molecule has 0 aliphatic heterocycles. The number of aliphatic imine (C=N–C) groups is 1. The van der Waals surface area contributed by atoms with Crippen molar-refractivity contribution in [1.29, 1.82) is 0 Å². The van der Waals surface area contributed by atoms with Crippen molar-refractivity contribution < 1.29 is 0 Å². The predicted octanol–water partition coefficient (Wildman–Crippen LogP) is 3.03. The third kappa shape index (κ3) is 2.69. The summed E-state index contributed by atoms with van der Waals surface area (Å²) in [5, 5.41) is 0. The molecule has 0 aromatic heterocycles. The molecule has 0 saturated heterocycles. The average molecular weight is 175 g/mol. The van der Waals surface area contributed by atoms with Gasteiger partial charge in [-0.2, -0.15) is 0 Å². The van der Waals surface area contributed by atoms with Gasteiger partial charge in [-0.15, -0.1) is 0 Å². The molecular weight excluding hydrogens is 158 g/mol. The number of rotatable bonds is 1. The van der Waals surface area contributed by atoms with E-state index < -0.39 is 0 Å². The zero-order valence-corrected chi connectivity index (χ0v) is 8.83. The molecule has 13 heavy (non-hydrogen) atoms. The first-order valence-corrected chi connectivity index (χ1v) is 4.57. The zero-order valence-electron chi connectivity index (χ0n) is 8.83. The van der Waals surface area contributed by atoms with Gasteiger partial charge in [-0.05, 0) is 22.6 Å². The van der Waals surface area contributed by atoms with Crippen molar-refractivity contribution in [3.05, 3.63) is 35.4 Å². The lowest BCUT2D eigenvalue weighted by atomic mass is 9.86. The molecule has 0 spiro atoms. The van der Waals surface area contributed by atoms with Crippen molar-refractivity contribution in [1.82, 2.24) is 0 Å². The third-order valence-electron chi connectivity index (χ3n) is 2.03. The highest BCUT2D eigenvalue weighted by atomic mass is 14.6. The molecule has 1 aromatic carbocycles. The Balaban J connectivity index is 3.05. The first kappa shape index (κ1) is 9.97. The van der Waals surface area contributed by atoms with Gasteiger partial charge in [0.15, 0.2) is 0 Å². The number of hydrogen-bond acceptors (Lipinski definition) is 1. The van der Waals surface area contributed by atoms with Gasteiger partial charge < -0.3 is 0 Å². The fourth-order valence-electron chi connectivity index (χ4n) is 1.23. The van der Waals surface area contributed by atoms with Crippen LogP contribution in [0.2, 0.25) is 0 Å². The Bertz CT molecular complexity index is 305. The van der Waals surface area contributed by atoms with E-state index in [1.165, 1.54) is 11.1 Å². The molecule has 0 N–H and O–H groups in total. The van der Waals surface area contributed by atoms with Crippen LogP contribution >= 0.6 is 0 Å². The van der Waals surface area contributed by atoms with Crippen molar-refractivity contribution in [2.75, 3.05) is 7.05 Å². The van der Waals surface area contributed by atoms with E-state index in [9.17, 15) is 0 Å². The van der Waals surface area contributed by atoms with E-state index in [2.05, 4.69) is 50.0 Å². The van der Waals surface area contributed by atoms with Gasteiger partial charge in [0, 0.05) is 13.3 Å². The molecule has 1 aromatic rings. The largest absolute Gasteiger partial charge is 0.296 e. The Hall–Kier alpha value is -1.11. The van der Waals surface area contributed by atoms with Crippen molar-refractivity contribution in [2.45, 2.75) is 26.2 Å². The van der Waals surface area contributed by atoms with Crippen LogP contribution in [0.4, 0.5) is 0 Å². The Morgan fingerprint density at radius 3 is 2.46 bits per heavy atom. The molecule has 70 valence electrons. The molecule has 0 radical (unpaired) electrons. The first-order chi connectivity index (χ1) is 6.04. The van der Waals surface area contributed by atoms with Crippen LogP contribution in [0.3, 0.4) is 0 Å². The molecule has 1 rings (SSSR count). The SMILES string of the molecule is C/N=C\c1cccc(C(C)(C)C)c1. The van der Waals surface area contributed by atoms with Gasteiger partial charge in [-0.1, -0.05) is 39.0 Å². The van der Waals surface area contributed by atoms with Crippen LogP contribution in [0.25, 0.3) is 0 Å². The molecule has 0 aliphatic carbocycles. The molecule has 0 unspecified atom stereocenters. The molecular formula is C12H17N. The normalized spacial score (nSPS) is 12.3. The summed E-state index contributed by atoms with van der Waals surface area (Å²) in [5.74, 6) is 0. The summed E-state index contributed by atoms with van der Waals surface area (Å²) in [5.41, 5.74) is 2.75. The van der Waals surface area contributed by atoms with Gasteiger partial charge >= 0.3 is 0 Å². The second-order valence-electron chi connectivity index (χ2n) is 4.26. The van der Waals surface area contributed by atoms with E-state index in [4.69, 9.17) is 0 Å². The van der Waals surface area contributed by atoms with Crippen molar-refractivity contribution in [3.8, 4) is 0 Å². The van der Waals surface area contributed by atoms with Crippen LogP contribution in [0.5, 0.6) is 0 Å². The van der Waals surface area contributed by atoms with E-state index >= 15 is 0 Å². The van der Waals surface area contributed by atoms with Gasteiger partial charge in [0.1, 0.15) is 0 Å². The van der Waals surface area contributed by atoms with Crippen LogP contribution in [0, 0.1) is 0 Å². The van der Waals surface area contributed by atoms with Crippen molar-refractivity contribution in [3.63, 3.8) is 0 Å². The molecule has 1 heteroatoms. The smallest absolute Gasteiger partial charge is 0.0281 e. The van der Waals surface area contributed by atoms with Gasteiger partial charge in [0.05, 0.1) is 0 Å². The summed E-state index contributed by atoms with van der Waals surface area (Å²) < 4.78 is 0. The standard InChI is InChI=1S/C12H17N/c1-12(2,3)11-7-5-6-10(8-11)9-13-4/h5-9H,1-4H3/b13-9-. The number of benzene rings is 1. The van der Waals surface area contributed by atoms with Gasteiger partial charge in [0.2, 0.25) is 0 Å². The minimum Gasteiger partial charge on any atom is -0.296 e. The summed E-state index contributed by atoms with van der Waals surface area (Å²) in [6.45, 7) is 6.65. The Kier molecular flexibility index (Phi) is 2.86. The summed E-state index contributed by atoms with van der Waals surface area (Å²) in [4.78, 5) is 4.00. The lowest BCUT2D eigenvalue weighted by Crippen LogP contribution is -2.11. The van der Waals surface area contributed by atoms with Crippen LogP contribution in [0.15, 0.2) is 29.3 Å².